The number of rotatable bonds is 4. The van der Waals surface area contributed by atoms with Gasteiger partial charge in [0.2, 0.25) is 0 Å². The van der Waals surface area contributed by atoms with Crippen molar-refractivity contribution < 1.29 is 19.1 Å². The molecule has 0 aromatic heterocycles. The van der Waals surface area contributed by atoms with Gasteiger partial charge in [0.15, 0.2) is 0 Å². The number of hydrogen-bond acceptors (Lipinski definition) is 4. The van der Waals surface area contributed by atoms with E-state index in [1.165, 1.54) is 7.11 Å². The number of amides is 1. The summed E-state index contributed by atoms with van der Waals surface area (Å²) in [6.45, 7) is 7.64. The van der Waals surface area contributed by atoms with Crippen LogP contribution in [-0.2, 0) is 14.3 Å². The highest BCUT2D eigenvalue weighted by atomic mass is 16.6. The van der Waals surface area contributed by atoms with E-state index in [0.717, 1.165) is 0 Å². The largest absolute Gasteiger partial charge is 0.469 e. The van der Waals surface area contributed by atoms with Crippen LogP contribution in [0.1, 0.15) is 34.1 Å². The summed E-state index contributed by atoms with van der Waals surface area (Å²) < 4.78 is 9.58. The van der Waals surface area contributed by atoms with E-state index < -0.39 is 11.7 Å². The molecule has 16 heavy (non-hydrogen) atoms. The minimum Gasteiger partial charge on any atom is -0.469 e. The first kappa shape index (κ1) is 14.7. The fourth-order valence-corrected chi connectivity index (χ4v) is 1.01. The Kier molecular flexibility index (Phi) is 5.85. The highest BCUT2D eigenvalue weighted by Crippen LogP contribution is 2.07. The summed E-state index contributed by atoms with van der Waals surface area (Å²) in [5, 5.41) is 2.60. The molecule has 0 heterocycles. The summed E-state index contributed by atoms with van der Waals surface area (Å²) in [7, 11) is 1.34. The number of nitrogens with one attached hydrogen (secondary N) is 1. The first-order valence-electron chi connectivity index (χ1n) is 5.28. The minimum atomic E-state index is -0.504. The van der Waals surface area contributed by atoms with E-state index in [1.54, 1.807) is 20.8 Å². The van der Waals surface area contributed by atoms with Gasteiger partial charge in [0, 0.05) is 13.0 Å². The highest BCUT2D eigenvalue weighted by molar-refractivity contribution is 5.70. The van der Waals surface area contributed by atoms with Crippen LogP contribution < -0.4 is 5.32 Å². The molecule has 0 aliphatic carbocycles. The zero-order valence-corrected chi connectivity index (χ0v) is 10.6. The topological polar surface area (TPSA) is 64.6 Å². The average molecular weight is 231 g/mol. The molecule has 5 nitrogen and oxygen atoms in total. The van der Waals surface area contributed by atoms with Crippen molar-refractivity contribution in [2.75, 3.05) is 13.7 Å². The third kappa shape index (κ3) is 8.08. The van der Waals surface area contributed by atoms with Crippen LogP contribution in [0.2, 0.25) is 0 Å². The lowest BCUT2D eigenvalue weighted by Crippen LogP contribution is -2.35. The summed E-state index contributed by atoms with van der Waals surface area (Å²) in [6.07, 6.45) is -0.184. The van der Waals surface area contributed by atoms with Crippen LogP contribution in [0, 0.1) is 5.92 Å². The molecule has 1 amide bonds. The molecular weight excluding hydrogens is 210 g/mol. The number of alkyl carbamates (subject to hydrolysis) is 1. The van der Waals surface area contributed by atoms with Crippen molar-refractivity contribution in [3.8, 4) is 0 Å². The van der Waals surface area contributed by atoms with Gasteiger partial charge >= 0.3 is 12.1 Å². The van der Waals surface area contributed by atoms with Crippen LogP contribution >= 0.6 is 0 Å². The van der Waals surface area contributed by atoms with Gasteiger partial charge in [-0.05, 0) is 26.7 Å². The Labute approximate surface area is 96.5 Å². The summed E-state index contributed by atoms with van der Waals surface area (Å²) >= 11 is 0. The zero-order chi connectivity index (χ0) is 12.8. The molecule has 0 aliphatic heterocycles. The second-order valence-electron chi connectivity index (χ2n) is 4.77. The summed E-state index contributed by atoms with van der Waals surface area (Å²) in [6, 6.07) is 0. The third-order valence-electron chi connectivity index (χ3n) is 1.74. The number of carbonyl (C=O) groups is 2. The second kappa shape index (κ2) is 6.35. The van der Waals surface area contributed by atoms with E-state index in [1.807, 2.05) is 6.92 Å². The van der Waals surface area contributed by atoms with Gasteiger partial charge in [0.25, 0.3) is 0 Å². The van der Waals surface area contributed by atoms with E-state index in [4.69, 9.17) is 4.74 Å². The second-order valence-corrected chi connectivity index (χ2v) is 4.77. The quantitative estimate of drug-likeness (QED) is 0.748. The Hall–Kier alpha value is -1.26. The fourth-order valence-electron chi connectivity index (χ4n) is 1.01. The van der Waals surface area contributed by atoms with Gasteiger partial charge in [0.1, 0.15) is 5.60 Å². The van der Waals surface area contributed by atoms with Crippen molar-refractivity contribution in [3.05, 3.63) is 0 Å². The molecule has 5 heteroatoms. The highest BCUT2D eigenvalue weighted by Gasteiger charge is 2.17. The van der Waals surface area contributed by atoms with Gasteiger partial charge < -0.3 is 14.8 Å². The van der Waals surface area contributed by atoms with Gasteiger partial charge in [-0.1, -0.05) is 6.92 Å². The maximum Gasteiger partial charge on any atom is 0.407 e. The molecule has 1 N–H and O–H groups in total. The Bertz CT molecular complexity index is 245. The molecule has 1 atom stereocenters. The van der Waals surface area contributed by atoms with E-state index >= 15 is 0 Å². The lowest BCUT2D eigenvalue weighted by atomic mass is 10.1. The Morgan fingerprint density at radius 3 is 2.31 bits per heavy atom. The summed E-state index contributed by atoms with van der Waals surface area (Å²) in [5.74, 6) is -0.251. The van der Waals surface area contributed by atoms with E-state index in [0.29, 0.717) is 6.54 Å². The standard InChI is InChI=1S/C11H21NO4/c1-8(6-9(13)15-5)7-12-10(14)16-11(2,3)4/h8H,6-7H2,1-5H3,(H,12,14). The number of hydrogen-bond donors (Lipinski definition) is 1. The molecule has 0 fully saturated rings. The van der Waals surface area contributed by atoms with Crippen molar-refractivity contribution in [3.63, 3.8) is 0 Å². The van der Waals surface area contributed by atoms with Gasteiger partial charge in [-0.2, -0.15) is 0 Å². The molecule has 0 saturated heterocycles. The lowest BCUT2D eigenvalue weighted by Gasteiger charge is -2.20. The number of esters is 1. The van der Waals surface area contributed by atoms with Gasteiger partial charge in [-0.15, -0.1) is 0 Å². The molecule has 0 rings (SSSR count). The average Bonchev–Trinajstić information content (AvgIpc) is 2.12. The molecule has 1 unspecified atom stereocenters. The molecule has 0 saturated carbocycles. The van der Waals surface area contributed by atoms with Crippen LogP contribution in [-0.4, -0.2) is 31.3 Å². The van der Waals surface area contributed by atoms with Gasteiger partial charge in [-0.25, -0.2) is 4.79 Å². The van der Waals surface area contributed by atoms with E-state index in [-0.39, 0.29) is 18.3 Å². The Balaban J connectivity index is 3.79. The SMILES string of the molecule is COC(=O)CC(C)CNC(=O)OC(C)(C)C. The van der Waals surface area contributed by atoms with Gasteiger partial charge in [-0.3, -0.25) is 4.79 Å². The molecule has 94 valence electrons. The third-order valence-corrected chi connectivity index (χ3v) is 1.74. The van der Waals surface area contributed by atoms with E-state index in [9.17, 15) is 9.59 Å². The molecule has 0 bridgehead atoms. The molecule has 0 aliphatic rings. The van der Waals surface area contributed by atoms with Crippen molar-refractivity contribution in [2.24, 2.45) is 5.92 Å². The normalized spacial score (nSPS) is 12.8. The minimum absolute atomic E-state index is 0.0277. The number of ether oxygens (including phenoxy) is 2. The van der Waals surface area contributed by atoms with Crippen molar-refractivity contribution >= 4 is 12.1 Å². The van der Waals surface area contributed by atoms with Crippen molar-refractivity contribution in [1.29, 1.82) is 0 Å². The molecule has 0 radical (unpaired) electrons. The van der Waals surface area contributed by atoms with Crippen molar-refractivity contribution in [1.82, 2.24) is 5.32 Å². The molecule has 0 aromatic carbocycles. The fraction of sp³-hybridized carbons (Fsp3) is 0.818. The summed E-state index contributed by atoms with van der Waals surface area (Å²) in [4.78, 5) is 22.2. The lowest BCUT2D eigenvalue weighted by molar-refractivity contribution is -0.141. The smallest absolute Gasteiger partial charge is 0.407 e. The number of carbonyl (C=O) groups excluding carboxylic acids is 2. The molecular formula is C11H21NO4. The van der Waals surface area contributed by atoms with Crippen LogP contribution in [0.15, 0.2) is 0 Å². The first-order valence-corrected chi connectivity index (χ1v) is 5.28. The van der Waals surface area contributed by atoms with Crippen LogP contribution in [0.25, 0.3) is 0 Å². The van der Waals surface area contributed by atoms with Crippen LogP contribution in [0.3, 0.4) is 0 Å². The van der Waals surface area contributed by atoms with E-state index in [2.05, 4.69) is 10.1 Å². The maximum atomic E-state index is 11.3. The molecule has 0 spiro atoms. The van der Waals surface area contributed by atoms with Crippen LogP contribution in [0.5, 0.6) is 0 Å². The molecule has 0 aromatic rings. The van der Waals surface area contributed by atoms with Gasteiger partial charge in [0.05, 0.1) is 7.11 Å². The zero-order valence-electron chi connectivity index (χ0n) is 10.6. The predicted octanol–water partition coefficient (Wildman–Crippen LogP) is 1.71. The Morgan fingerprint density at radius 1 is 1.31 bits per heavy atom. The first-order chi connectivity index (χ1) is 7.24. The summed E-state index contributed by atoms with van der Waals surface area (Å²) in [5.41, 5.74) is -0.504. The monoisotopic (exact) mass is 231 g/mol. The maximum absolute atomic E-state index is 11.3. The van der Waals surface area contributed by atoms with Crippen molar-refractivity contribution in [2.45, 2.75) is 39.7 Å². The Morgan fingerprint density at radius 2 is 1.88 bits per heavy atom. The number of methoxy groups -OCH3 is 1. The van der Waals surface area contributed by atoms with Crippen LogP contribution in [0.4, 0.5) is 4.79 Å². The predicted molar refractivity (Wildman–Crippen MR) is 60.0 cm³/mol.